The molecule has 0 aliphatic carbocycles. The Morgan fingerprint density at radius 3 is 2.79 bits per heavy atom. The molecule has 1 aromatic heterocycles. The summed E-state index contributed by atoms with van der Waals surface area (Å²) in [6.07, 6.45) is 3.10. The molecular weight excluding hydrogens is 182 g/mol. The lowest BCUT2D eigenvalue weighted by molar-refractivity contribution is 0.249. The highest BCUT2D eigenvalue weighted by Gasteiger charge is 2.05. The quantitative estimate of drug-likeness (QED) is 0.630. The maximum atomic E-state index is 11.2. The number of amides is 2. The normalized spacial score (nSPS) is 11.9. The molecule has 6 heteroatoms. The van der Waals surface area contributed by atoms with Gasteiger partial charge in [-0.2, -0.15) is 0 Å². The molecule has 0 aliphatic rings. The molecular formula is C8H13N5O. The number of carbonyl (C=O) groups excluding carboxylic acids is 1. The van der Waals surface area contributed by atoms with Gasteiger partial charge in [-0.3, -0.25) is 5.32 Å². The molecule has 0 saturated heterocycles. The fourth-order valence-electron chi connectivity index (χ4n) is 0.784. The van der Waals surface area contributed by atoms with Gasteiger partial charge >= 0.3 is 6.03 Å². The summed E-state index contributed by atoms with van der Waals surface area (Å²) < 4.78 is 0. The van der Waals surface area contributed by atoms with Crippen molar-refractivity contribution in [3.63, 3.8) is 0 Å². The third kappa shape index (κ3) is 3.36. The largest absolute Gasteiger partial charge is 0.334 e. The Kier molecular flexibility index (Phi) is 3.81. The van der Waals surface area contributed by atoms with Crippen molar-refractivity contribution in [1.82, 2.24) is 15.3 Å². The standard InChI is InChI=1S/C8H13N5O/c1-6(5-9)12-8(14)13-7-10-3-2-4-11-7/h2-4,6H,5,9H2,1H3,(H2,10,11,12,13,14). The number of nitrogens with one attached hydrogen (secondary N) is 2. The van der Waals surface area contributed by atoms with E-state index in [9.17, 15) is 4.79 Å². The minimum Gasteiger partial charge on any atom is -0.334 e. The zero-order valence-corrected chi connectivity index (χ0v) is 7.90. The Morgan fingerprint density at radius 1 is 1.57 bits per heavy atom. The van der Waals surface area contributed by atoms with Crippen LogP contribution in [-0.4, -0.2) is 28.6 Å². The second-order valence-electron chi connectivity index (χ2n) is 2.81. The van der Waals surface area contributed by atoms with E-state index in [1.807, 2.05) is 6.92 Å². The minimum absolute atomic E-state index is 0.0706. The first-order valence-corrected chi connectivity index (χ1v) is 4.27. The molecule has 1 atom stereocenters. The molecule has 6 nitrogen and oxygen atoms in total. The molecule has 0 aromatic carbocycles. The second-order valence-corrected chi connectivity index (χ2v) is 2.81. The SMILES string of the molecule is CC(CN)NC(=O)Nc1ncccn1. The van der Waals surface area contributed by atoms with Crippen molar-refractivity contribution in [1.29, 1.82) is 0 Å². The van der Waals surface area contributed by atoms with Crippen molar-refractivity contribution in [2.75, 3.05) is 11.9 Å². The van der Waals surface area contributed by atoms with E-state index in [0.29, 0.717) is 6.54 Å². The number of rotatable bonds is 3. The highest BCUT2D eigenvalue weighted by Crippen LogP contribution is 1.93. The number of aromatic nitrogens is 2. The van der Waals surface area contributed by atoms with E-state index in [2.05, 4.69) is 20.6 Å². The summed E-state index contributed by atoms with van der Waals surface area (Å²) in [6.45, 7) is 2.20. The smallest absolute Gasteiger partial charge is 0.321 e. The average Bonchev–Trinajstić information content (AvgIpc) is 2.19. The molecule has 14 heavy (non-hydrogen) atoms. The molecule has 4 N–H and O–H groups in total. The van der Waals surface area contributed by atoms with Gasteiger partial charge in [-0.1, -0.05) is 0 Å². The van der Waals surface area contributed by atoms with Gasteiger partial charge in [0.05, 0.1) is 0 Å². The van der Waals surface area contributed by atoms with Crippen LogP contribution < -0.4 is 16.4 Å². The van der Waals surface area contributed by atoms with Crippen LogP contribution in [0.1, 0.15) is 6.92 Å². The highest BCUT2D eigenvalue weighted by molar-refractivity contribution is 5.87. The van der Waals surface area contributed by atoms with Crippen molar-refractivity contribution >= 4 is 12.0 Å². The number of carbonyl (C=O) groups is 1. The molecule has 76 valence electrons. The average molecular weight is 195 g/mol. The van der Waals surface area contributed by atoms with Gasteiger partial charge in [0, 0.05) is 25.0 Å². The summed E-state index contributed by atoms with van der Waals surface area (Å²) in [5.41, 5.74) is 5.34. The maximum absolute atomic E-state index is 11.2. The Hall–Kier alpha value is -1.69. The van der Waals surface area contributed by atoms with Crippen molar-refractivity contribution < 1.29 is 4.79 Å². The number of nitrogens with two attached hydrogens (primary N) is 1. The van der Waals surface area contributed by atoms with Crippen molar-refractivity contribution in [2.45, 2.75) is 13.0 Å². The van der Waals surface area contributed by atoms with Crippen LogP contribution in [0, 0.1) is 0 Å². The summed E-state index contributed by atoms with van der Waals surface area (Å²) in [5, 5.41) is 5.10. The van der Waals surface area contributed by atoms with E-state index < -0.39 is 0 Å². The van der Waals surface area contributed by atoms with Gasteiger partial charge in [-0.15, -0.1) is 0 Å². The van der Waals surface area contributed by atoms with Crippen molar-refractivity contribution in [2.24, 2.45) is 5.73 Å². The first-order valence-electron chi connectivity index (χ1n) is 4.27. The minimum atomic E-state index is -0.353. The lowest BCUT2D eigenvalue weighted by Crippen LogP contribution is -2.40. The first-order chi connectivity index (χ1) is 6.72. The number of anilines is 1. The molecule has 0 spiro atoms. The summed E-state index contributed by atoms with van der Waals surface area (Å²) in [6, 6.07) is 1.25. The third-order valence-electron chi connectivity index (χ3n) is 1.52. The molecule has 1 rings (SSSR count). The number of hydrogen-bond acceptors (Lipinski definition) is 4. The van der Waals surface area contributed by atoms with Crippen LogP contribution in [0.5, 0.6) is 0 Å². The fraction of sp³-hybridized carbons (Fsp3) is 0.375. The molecule has 0 saturated carbocycles. The van der Waals surface area contributed by atoms with Crippen LogP contribution in [0.4, 0.5) is 10.7 Å². The van der Waals surface area contributed by atoms with Crippen molar-refractivity contribution in [3.05, 3.63) is 18.5 Å². The van der Waals surface area contributed by atoms with Gasteiger partial charge in [0.15, 0.2) is 0 Å². The maximum Gasteiger partial charge on any atom is 0.321 e. The molecule has 0 aliphatic heterocycles. The second kappa shape index (κ2) is 5.13. The summed E-state index contributed by atoms with van der Waals surface area (Å²) >= 11 is 0. The zero-order valence-electron chi connectivity index (χ0n) is 7.90. The predicted octanol–water partition coefficient (Wildman–Crippen LogP) is -0.0547. The van der Waals surface area contributed by atoms with E-state index in [1.54, 1.807) is 18.5 Å². The Morgan fingerprint density at radius 2 is 2.21 bits per heavy atom. The Labute approximate surface area is 81.9 Å². The molecule has 0 bridgehead atoms. The van der Waals surface area contributed by atoms with Gasteiger partial charge < -0.3 is 11.1 Å². The van der Waals surface area contributed by atoms with Crippen molar-refractivity contribution in [3.8, 4) is 0 Å². The monoisotopic (exact) mass is 195 g/mol. The van der Waals surface area contributed by atoms with Gasteiger partial charge in [-0.05, 0) is 13.0 Å². The van der Waals surface area contributed by atoms with Crippen LogP contribution in [0.15, 0.2) is 18.5 Å². The van der Waals surface area contributed by atoms with Gasteiger partial charge in [-0.25, -0.2) is 14.8 Å². The zero-order chi connectivity index (χ0) is 10.4. The van der Waals surface area contributed by atoms with Crippen LogP contribution in [0.3, 0.4) is 0 Å². The molecule has 0 fully saturated rings. The fourth-order valence-corrected chi connectivity index (χ4v) is 0.784. The van der Waals surface area contributed by atoms with E-state index >= 15 is 0 Å². The van der Waals surface area contributed by atoms with Gasteiger partial charge in [0.1, 0.15) is 0 Å². The first kappa shape index (κ1) is 10.4. The van der Waals surface area contributed by atoms with Crippen LogP contribution in [0.2, 0.25) is 0 Å². The van der Waals surface area contributed by atoms with E-state index in [-0.39, 0.29) is 18.0 Å². The van der Waals surface area contributed by atoms with Crippen LogP contribution in [-0.2, 0) is 0 Å². The van der Waals surface area contributed by atoms with Gasteiger partial charge in [0.25, 0.3) is 0 Å². The number of hydrogen-bond donors (Lipinski definition) is 3. The number of nitrogens with zero attached hydrogens (tertiary/aromatic N) is 2. The molecule has 2 amide bonds. The lowest BCUT2D eigenvalue weighted by Gasteiger charge is -2.10. The summed E-state index contributed by atoms with van der Waals surface area (Å²) in [7, 11) is 0. The Balaban J connectivity index is 2.42. The number of urea groups is 1. The predicted molar refractivity (Wildman–Crippen MR) is 52.7 cm³/mol. The molecule has 1 aromatic rings. The van der Waals surface area contributed by atoms with Gasteiger partial charge in [0.2, 0.25) is 5.95 Å². The van der Waals surface area contributed by atoms with E-state index in [0.717, 1.165) is 0 Å². The highest BCUT2D eigenvalue weighted by atomic mass is 16.2. The third-order valence-corrected chi connectivity index (χ3v) is 1.52. The summed E-state index contributed by atoms with van der Waals surface area (Å²) in [4.78, 5) is 18.9. The lowest BCUT2D eigenvalue weighted by atomic mass is 10.3. The Bertz CT molecular complexity index is 289. The van der Waals surface area contributed by atoms with E-state index in [1.165, 1.54) is 0 Å². The molecule has 1 heterocycles. The topological polar surface area (TPSA) is 92.9 Å². The van der Waals surface area contributed by atoms with E-state index in [4.69, 9.17) is 5.73 Å². The molecule has 1 unspecified atom stereocenters. The van der Waals surface area contributed by atoms with Crippen LogP contribution >= 0.6 is 0 Å². The molecule has 0 radical (unpaired) electrons. The van der Waals surface area contributed by atoms with Crippen LogP contribution in [0.25, 0.3) is 0 Å². The summed E-state index contributed by atoms with van der Waals surface area (Å²) in [5.74, 6) is 0.272.